The second-order valence-corrected chi connectivity index (χ2v) is 5.74. The van der Waals surface area contributed by atoms with Crippen molar-refractivity contribution in [1.82, 2.24) is 5.16 Å². The van der Waals surface area contributed by atoms with Gasteiger partial charge in [-0.05, 0) is 39.7 Å². The third kappa shape index (κ3) is 1.60. The summed E-state index contributed by atoms with van der Waals surface area (Å²) in [5.74, 6) is 0.526. The van der Waals surface area contributed by atoms with Gasteiger partial charge in [-0.2, -0.15) is 0 Å². The van der Waals surface area contributed by atoms with Gasteiger partial charge in [0.15, 0.2) is 5.58 Å². The van der Waals surface area contributed by atoms with Crippen LogP contribution in [0, 0.1) is 6.92 Å². The van der Waals surface area contributed by atoms with E-state index in [1.54, 1.807) is 13.8 Å². The minimum atomic E-state index is -0.977. The fourth-order valence-corrected chi connectivity index (χ4v) is 2.74. The van der Waals surface area contributed by atoms with Crippen LogP contribution in [0.4, 0.5) is 5.69 Å². The molecule has 3 rings (SSSR count). The van der Waals surface area contributed by atoms with E-state index in [0.717, 1.165) is 27.8 Å². The Balaban J connectivity index is 2.30. The first-order valence-corrected chi connectivity index (χ1v) is 6.31. The van der Waals surface area contributed by atoms with E-state index >= 15 is 0 Å². The maximum Gasteiger partial charge on any atom is 0.170 e. The summed E-state index contributed by atoms with van der Waals surface area (Å²) < 4.78 is 5.46. The van der Waals surface area contributed by atoms with Gasteiger partial charge in [0, 0.05) is 28.1 Å². The van der Waals surface area contributed by atoms with Crippen molar-refractivity contribution in [2.24, 2.45) is 0 Å². The second-order valence-electron chi connectivity index (χ2n) is 5.74. The molecule has 0 spiro atoms. The molecular weight excluding hydrogens is 228 g/mol. The van der Waals surface area contributed by atoms with Gasteiger partial charge in [0.2, 0.25) is 0 Å². The van der Waals surface area contributed by atoms with Crippen LogP contribution in [-0.4, -0.2) is 10.3 Å². The van der Waals surface area contributed by atoms with Crippen LogP contribution >= 0.6 is 0 Å². The standard InChI is InChI=1S/C14H18N2O2/c1-7-11(14(2,3)17)10(15)6-9-12(8-4-5-8)16-18-13(7)9/h6,8,17H,4-5,15H2,1-3H3. The van der Waals surface area contributed by atoms with E-state index in [0.29, 0.717) is 11.6 Å². The van der Waals surface area contributed by atoms with E-state index < -0.39 is 5.60 Å². The normalized spacial score (nSPS) is 16.4. The van der Waals surface area contributed by atoms with Crippen molar-refractivity contribution in [3.8, 4) is 0 Å². The molecule has 0 amide bonds. The number of nitrogens with two attached hydrogens (primary N) is 1. The fraction of sp³-hybridized carbons (Fsp3) is 0.500. The van der Waals surface area contributed by atoms with E-state index in [2.05, 4.69) is 5.16 Å². The third-order valence-corrected chi connectivity index (χ3v) is 3.64. The first-order chi connectivity index (χ1) is 8.39. The Morgan fingerprint density at radius 2 is 2.11 bits per heavy atom. The smallest absolute Gasteiger partial charge is 0.170 e. The lowest BCUT2D eigenvalue weighted by molar-refractivity contribution is 0.0788. The average Bonchev–Trinajstić information content (AvgIpc) is 2.98. The number of hydrogen-bond donors (Lipinski definition) is 2. The molecule has 0 unspecified atom stereocenters. The van der Waals surface area contributed by atoms with Crippen molar-refractivity contribution in [2.45, 2.75) is 45.1 Å². The highest BCUT2D eigenvalue weighted by molar-refractivity contribution is 5.88. The summed E-state index contributed by atoms with van der Waals surface area (Å²) in [6.07, 6.45) is 2.35. The van der Waals surface area contributed by atoms with Crippen molar-refractivity contribution in [3.05, 3.63) is 22.9 Å². The van der Waals surface area contributed by atoms with Crippen molar-refractivity contribution in [3.63, 3.8) is 0 Å². The van der Waals surface area contributed by atoms with Crippen LogP contribution in [0.1, 0.15) is 49.4 Å². The first kappa shape index (κ1) is 11.5. The van der Waals surface area contributed by atoms with E-state index in [1.165, 1.54) is 12.8 Å². The van der Waals surface area contributed by atoms with Crippen molar-refractivity contribution in [1.29, 1.82) is 0 Å². The highest BCUT2D eigenvalue weighted by Gasteiger charge is 2.31. The van der Waals surface area contributed by atoms with Gasteiger partial charge in [0.25, 0.3) is 0 Å². The molecule has 0 bridgehead atoms. The number of hydrogen-bond acceptors (Lipinski definition) is 4. The van der Waals surface area contributed by atoms with Crippen LogP contribution in [0.3, 0.4) is 0 Å². The Morgan fingerprint density at radius 1 is 1.44 bits per heavy atom. The lowest BCUT2D eigenvalue weighted by Gasteiger charge is -2.22. The maximum absolute atomic E-state index is 10.2. The van der Waals surface area contributed by atoms with E-state index in [4.69, 9.17) is 10.3 Å². The second kappa shape index (κ2) is 3.48. The lowest BCUT2D eigenvalue weighted by Crippen LogP contribution is -2.19. The fourth-order valence-electron chi connectivity index (χ4n) is 2.74. The summed E-state index contributed by atoms with van der Waals surface area (Å²) in [5, 5.41) is 15.4. The minimum Gasteiger partial charge on any atom is -0.398 e. The topological polar surface area (TPSA) is 72.3 Å². The van der Waals surface area contributed by atoms with E-state index in [9.17, 15) is 5.11 Å². The maximum atomic E-state index is 10.2. The molecule has 1 aliphatic rings. The van der Waals surface area contributed by atoms with Gasteiger partial charge in [0.1, 0.15) is 0 Å². The average molecular weight is 246 g/mol. The van der Waals surface area contributed by atoms with Gasteiger partial charge in [0.05, 0.1) is 11.3 Å². The van der Waals surface area contributed by atoms with Crippen LogP contribution in [0.25, 0.3) is 11.0 Å². The molecule has 3 N–H and O–H groups in total. The molecule has 1 fully saturated rings. The molecule has 0 saturated heterocycles. The number of rotatable bonds is 2. The van der Waals surface area contributed by atoms with Crippen LogP contribution < -0.4 is 5.73 Å². The zero-order valence-electron chi connectivity index (χ0n) is 10.9. The summed E-state index contributed by atoms with van der Waals surface area (Å²) in [5.41, 5.74) is 9.11. The number of benzene rings is 1. The molecule has 18 heavy (non-hydrogen) atoms. The predicted octanol–water partition coefficient (Wildman–Crippen LogP) is 2.82. The molecule has 4 nitrogen and oxygen atoms in total. The number of aliphatic hydroxyl groups is 1. The van der Waals surface area contributed by atoms with Crippen LogP contribution in [0.15, 0.2) is 10.6 Å². The highest BCUT2D eigenvalue weighted by Crippen LogP contribution is 2.44. The van der Waals surface area contributed by atoms with Crippen molar-refractivity contribution in [2.75, 3.05) is 5.73 Å². The quantitative estimate of drug-likeness (QED) is 0.799. The molecule has 1 aliphatic carbocycles. The summed E-state index contributed by atoms with van der Waals surface area (Å²) in [7, 11) is 0. The van der Waals surface area contributed by atoms with Crippen LogP contribution in [0.2, 0.25) is 0 Å². The van der Waals surface area contributed by atoms with E-state index in [-0.39, 0.29) is 0 Å². The number of nitrogen functional groups attached to an aromatic ring is 1. The molecular formula is C14H18N2O2. The third-order valence-electron chi connectivity index (χ3n) is 3.64. The summed E-state index contributed by atoms with van der Waals surface area (Å²) >= 11 is 0. The Kier molecular flexibility index (Phi) is 2.23. The summed E-state index contributed by atoms with van der Waals surface area (Å²) in [6, 6.07) is 1.89. The van der Waals surface area contributed by atoms with Crippen LogP contribution in [0.5, 0.6) is 0 Å². The van der Waals surface area contributed by atoms with Crippen molar-refractivity contribution >= 4 is 16.7 Å². The van der Waals surface area contributed by atoms with Crippen molar-refractivity contribution < 1.29 is 9.63 Å². The lowest BCUT2D eigenvalue weighted by atomic mass is 9.90. The number of nitrogens with zero attached hydrogens (tertiary/aromatic N) is 1. The molecule has 96 valence electrons. The van der Waals surface area contributed by atoms with Crippen LogP contribution in [-0.2, 0) is 5.60 Å². The van der Waals surface area contributed by atoms with Gasteiger partial charge < -0.3 is 15.4 Å². The molecule has 0 radical (unpaired) electrons. The number of aromatic nitrogens is 1. The SMILES string of the molecule is Cc1c(C(C)(C)O)c(N)cc2c(C3CC3)noc12. The monoisotopic (exact) mass is 246 g/mol. The number of anilines is 1. The zero-order chi connectivity index (χ0) is 13.1. The Hall–Kier alpha value is -1.55. The largest absolute Gasteiger partial charge is 0.398 e. The Bertz CT molecular complexity index is 619. The van der Waals surface area contributed by atoms with Gasteiger partial charge in [-0.25, -0.2) is 0 Å². The number of fused-ring (bicyclic) bond motifs is 1. The molecule has 1 aromatic heterocycles. The first-order valence-electron chi connectivity index (χ1n) is 6.31. The summed E-state index contributed by atoms with van der Waals surface area (Å²) in [6.45, 7) is 5.39. The molecule has 1 heterocycles. The van der Waals surface area contributed by atoms with Gasteiger partial charge in [-0.3, -0.25) is 0 Å². The number of aryl methyl sites for hydroxylation is 1. The van der Waals surface area contributed by atoms with E-state index in [1.807, 2.05) is 13.0 Å². The molecule has 2 aromatic rings. The molecule has 0 atom stereocenters. The van der Waals surface area contributed by atoms with Gasteiger partial charge in [-0.15, -0.1) is 0 Å². The van der Waals surface area contributed by atoms with Gasteiger partial charge >= 0.3 is 0 Å². The minimum absolute atomic E-state index is 0.526. The predicted molar refractivity (Wildman–Crippen MR) is 70.4 cm³/mol. The zero-order valence-corrected chi connectivity index (χ0v) is 10.9. The molecule has 4 heteroatoms. The Morgan fingerprint density at radius 3 is 2.67 bits per heavy atom. The molecule has 0 aliphatic heterocycles. The molecule has 1 aromatic carbocycles. The highest BCUT2D eigenvalue weighted by atomic mass is 16.5. The Labute approximate surface area is 106 Å². The molecule has 1 saturated carbocycles. The summed E-state index contributed by atoms with van der Waals surface area (Å²) in [4.78, 5) is 0. The van der Waals surface area contributed by atoms with Gasteiger partial charge in [-0.1, -0.05) is 5.16 Å².